The first-order valence-corrected chi connectivity index (χ1v) is 8.23. The van der Waals surface area contributed by atoms with E-state index in [4.69, 9.17) is 4.42 Å². The lowest BCUT2D eigenvalue weighted by Crippen LogP contribution is -2.24. The Bertz CT molecular complexity index is 636. The topological polar surface area (TPSA) is 113 Å². The smallest absolute Gasteiger partial charge is 0.273 e. The molecule has 2 aromatic heterocycles. The molecular formula is C12H19N5O3S. The highest BCUT2D eigenvalue weighted by atomic mass is 32.2. The molecule has 0 aliphatic heterocycles. The van der Waals surface area contributed by atoms with E-state index >= 15 is 0 Å². The van der Waals surface area contributed by atoms with Gasteiger partial charge in [0.2, 0.25) is 5.09 Å². The number of nitrogens with one attached hydrogen (secondary N) is 3. The summed E-state index contributed by atoms with van der Waals surface area (Å²) in [6, 6.07) is 3.12. The van der Waals surface area contributed by atoms with E-state index in [1.165, 1.54) is 12.4 Å². The summed E-state index contributed by atoms with van der Waals surface area (Å²) in [4.78, 5) is 3.97. The Balaban J connectivity index is 1.82. The molecule has 3 N–H and O–H groups in total. The average molecular weight is 313 g/mol. The minimum Gasteiger partial charge on any atom is -0.447 e. The third-order valence-electron chi connectivity index (χ3n) is 2.80. The van der Waals surface area contributed by atoms with Crippen molar-refractivity contribution in [3.8, 4) is 0 Å². The summed E-state index contributed by atoms with van der Waals surface area (Å²) in [7, 11) is -3.60. The normalized spacial score (nSPS) is 11.9. The monoisotopic (exact) mass is 313 g/mol. The molecule has 21 heavy (non-hydrogen) atoms. The van der Waals surface area contributed by atoms with Gasteiger partial charge >= 0.3 is 0 Å². The number of H-pyrrole nitrogens is 1. The first-order valence-electron chi connectivity index (χ1n) is 6.75. The van der Waals surface area contributed by atoms with Gasteiger partial charge in [-0.1, -0.05) is 6.92 Å². The third-order valence-corrected chi connectivity index (χ3v) is 4.13. The maximum Gasteiger partial charge on any atom is 0.273 e. The predicted molar refractivity (Wildman–Crippen MR) is 76.0 cm³/mol. The van der Waals surface area contributed by atoms with Gasteiger partial charge in [-0.25, -0.2) is 18.1 Å². The van der Waals surface area contributed by atoms with Gasteiger partial charge in [-0.2, -0.15) is 5.10 Å². The summed E-state index contributed by atoms with van der Waals surface area (Å²) < 4.78 is 31.9. The van der Waals surface area contributed by atoms with Crippen LogP contribution in [0.4, 0.5) is 0 Å². The van der Waals surface area contributed by atoms with E-state index in [2.05, 4.69) is 25.2 Å². The van der Waals surface area contributed by atoms with E-state index in [9.17, 15) is 8.42 Å². The van der Waals surface area contributed by atoms with Crippen LogP contribution in [0.2, 0.25) is 0 Å². The van der Waals surface area contributed by atoms with Crippen molar-refractivity contribution >= 4 is 10.0 Å². The van der Waals surface area contributed by atoms with Gasteiger partial charge in [-0.3, -0.25) is 5.10 Å². The highest BCUT2D eigenvalue weighted by molar-refractivity contribution is 7.89. The quantitative estimate of drug-likeness (QED) is 0.578. The minimum absolute atomic E-state index is 0.0601. The molecule has 0 unspecified atom stereocenters. The fourth-order valence-electron chi connectivity index (χ4n) is 1.73. The second-order valence-corrected chi connectivity index (χ2v) is 6.13. The molecule has 2 heterocycles. The van der Waals surface area contributed by atoms with Crippen LogP contribution in [-0.4, -0.2) is 36.7 Å². The first-order chi connectivity index (χ1) is 10.1. The van der Waals surface area contributed by atoms with E-state index in [1.54, 1.807) is 6.07 Å². The average Bonchev–Trinajstić information content (AvgIpc) is 3.13. The van der Waals surface area contributed by atoms with Crippen molar-refractivity contribution in [2.75, 3.05) is 13.1 Å². The fourth-order valence-corrected chi connectivity index (χ4v) is 2.75. The van der Waals surface area contributed by atoms with Crippen molar-refractivity contribution in [1.82, 2.24) is 25.2 Å². The largest absolute Gasteiger partial charge is 0.447 e. The number of nitrogens with zero attached hydrogens (tertiary/aromatic N) is 2. The molecular weight excluding hydrogens is 294 g/mol. The molecule has 0 saturated heterocycles. The first kappa shape index (κ1) is 15.7. The maximum atomic E-state index is 12.0. The van der Waals surface area contributed by atoms with Gasteiger partial charge in [-0.05, 0) is 25.1 Å². The van der Waals surface area contributed by atoms with Crippen LogP contribution in [0.15, 0.2) is 28.0 Å². The van der Waals surface area contributed by atoms with E-state index in [-0.39, 0.29) is 5.09 Å². The van der Waals surface area contributed by atoms with E-state index in [0.717, 1.165) is 12.4 Å². The summed E-state index contributed by atoms with van der Waals surface area (Å²) in [5.41, 5.74) is 0. The molecule has 0 atom stereocenters. The Hall–Kier alpha value is -1.71. The summed E-state index contributed by atoms with van der Waals surface area (Å²) in [6.45, 7) is 3.59. The molecule has 0 fully saturated rings. The molecule has 0 aliphatic rings. The van der Waals surface area contributed by atoms with Crippen molar-refractivity contribution in [3.63, 3.8) is 0 Å². The number of rotatable bonds is 9. The Morgan fingerprint density at radius 3 is 2.95 bits per heavy atom. The fraction of sp³-hybridized carbons (Fsp3) is 0.500. The summed E-state index contributed by atoms with van der Waals surface area (Å²) >= 11 is 0. The Kier molecular flexibility index (Phi) is 5.48. The molecule has 0 spiro atoms. The molecule has 8 nitrogen and oxygen atoms in total. The Morgan fingerprint density at radius 2 is 2.24 bits per heavy atom. The third kappa shape index (κ3) is 4.66. The van der Waals surface area contributed by atoms with Gasteiger partial charge in [-0.15, -0.1) is 0 Å². The van der Waals surface area contributed by atoms with Gasteiger partial charge in [0.1, 0.15) is 17.9 Å². The van der Waals surface area contributed by atoms with Crippen LogP contribution in [0.25, 0.3) is 0 Å². The number of aromatic nitrogens is 3. The van der Waals surface area contributed by atoms with Crippen LogP contribution in [0.3, 0.4) is 0 Å². The van der Waals surface area contributed by atoms with E-state index < -0.39 is 10.0 Å². The Labute approximate surface area is 123 Å². The second kappa shape index (κ2) is 7.34. The molecule has 0 saturated carbocycles. The van der Waals surface area contributed by atoms with Crippen LogP contribution < -0.4 is 10.0 Å². The van der Waals surface area contributed by atoms with Gasteiger partial charge in [0.15, 0.2) is 0 Å². The zero-order valence-corrected chi connectivity index (χ0v) is 12.6. The SMILES string of the molecule is CCNCc1ccc(S(=O)(=O)NCCCc2ncn[nH]2)o1. The van der Waals surface area contributed by atoms with Crippen LogP contribution >= 0.6 is 0 Å². The number of furan rings is 1. The lowest BCUT2D eigenvalue weighted by atomic mass is 10.3. The van der Waals surface area contributed by atoms with Gasteiger partial charge < -0.3 is 9.73 Å². The van der Waals surface area contributed by atoms with Gasteiger partial charge in [0, 0.05) is 13.0 Å². The summed E-state index contributed by atoms with van der Waals surface area (Å²) in [5, 5.41) is 9.47. The molecule has 0 bridgehead atoms. The lowest BCUT2D eigenvalue weighted by Gasteiger charge is -2.03. The van der Waals surface area contributed by atoms with Crippen molar-refractivity contribution in [2.45, 2.75) is 31.4 Å². The van der Waals surface area contributed by atoms with Gasteiger partial charge in [0.05, 0.1) is 6.54 Å². The molecule has 9 heteroatoms. The van der Waals surface area contributed by atoms with Crippen molar-refractivity contribution < 1.29 is 12.8 Å². The zero-order valence-electron chi connectivity index (χ0n) is 11.8. The summed E-state index contributed by atoms with van der Waals surface area (Å²) in [6.07, 6.45) is 2.68. The highest BCUT2D eigenvalue weighted by Gasteiger charge is 2.18. The number of aromatic amines is 1. The maximum absolute atomic E-state index is 12.0. The van der Waals surface area contributed by atoms with E-state index in [0.29, 0.717) is 31.7 Å². The molecule has 0 aliphatic carbocycles. The van der Waals surface area contributed by atoms with Crippen LogP contribution in [0.5, 0.6) is 0 Å². The predicted octanol–water partition coefficient (Wildman–Crippen LogP) is 0.418. The number of sulfonamides is 1. The zero-order chi connectivity index (χ0) is 15.1. The van der Waals surface area contributed by atoms with Crippen molar-refractivity contribution in [1.29, 1.82) is 0 Å². The number of hydrogen-bond acceptors (Lipinski definition) is 6. The Morgan fingerprint density at radius 1 is 1.38 bits per heavy atom. The standard InChI is InChI=1S/C12H19N5O3S/c1-2-13-8-10-5-6-12(20-10)21(18,19)16-7-3-4-11-14-9-15-17-11/h5-6,9,13,16H,2-4,7-8H2,1H3,(H,14,15,17). The second-order valence-electron chi connectivity index (χ2n) is 4.43. The number of hydrogen-bond donors (Lipinski definition) is 3. The molecule has 0 amide bonds. The van der Waals surface area contributed by atoms with Crippen LogP contribution in [-0.2, 0) is 23.0 Å². The molecule has 0 radical (unpaired) electrons. The van der Waals surface area contributed by atoms with Crippen molar-refractivity contribution in [2.24, 2.45) is 0 Å². The van der Waals surface area contributed by atoms with Crippen LogP contribution in [0.1, 0.15) is 24.9 Å². The highest BCUT2D eigenvalue weighted by Crippen LogP contribution is 2.13. The molecule has 116 valence electrons. The molecule has 2 aromatic rings. The van der Waals surface area contributed by atoms with Crippen molar-refractivity contribution in [3.05, 3.63) is 30.0 Å². The van der Waals surface area contributed by atoms with Crippen LogP contribution in [0, 0.1) is 0 Å². The lowest BCUT2D eigenvalue weighted by molar-refractivity contribution is 0.401. The molecule has 0 aromatic carbocycles. The van der Waals surface area contributed by atoms with E-state index in [1.807, 2.05) is 6.92 Å². The minimum atomic E-state index is -3.60. The van der Waals surface area contributed by atoms with Gasteiger partial charge in [0.25, 0.3) is 10.0 Å². The summed E-state index contributed by atoms with van der Waals surface area (Å²) in [5.74, 6) is 1.33. The number of aryl methyl sites for hydroxylation is 1. The molecule has 2 rings (SSSR count).